The molecule has 0 amide bonds. The van der Waals surface area contributed by atoms with Gasteiger partial charge in [-0.05, 0) is 44.5 Å². The average Bonchev–Trinajstić information content (AvgIpc) is 3.56. The van der Waals surface area contributed by atoms with Crippen LogP contribution in [0.4, 0.5) is 5.82 Å². The standard InChI is InChI=1S/C28H38N5O10P/c1-6-21(34)40-24-23(19-13-14-20-26(29)30-16-31-33(19)20)42-28(4,25(24)41-22(35)7-2)15-39-44(37,32-17(3)27(36)38-5)43-18-11-9-8-10-12-18/h8-14,16-17,22-25,35H,6-7,15H2,1-5H3,(H,32,37)(H2,29,30,31)/t17-,22?,23-,24-,25-,28+,44?/m0/s1. The molecular formula is C28H38N5O10P. The van der Waals surface area contributed by atoms with Crippen molar-refractivity contribution in [1.29, 1.82) is 0 Å². The highest BCUT2D eigenvalue weighted by atomic mass is 31.2. The number of aliphatic hydroxyl groups excluding tert-OH is 1. The van der Waals surface area contributed by atoms with Gasteiger partial charge in [-0.2, -0.15) is 10.2 Å². The number of ether oxygens (including phenoxy) is 4. The summed E-state index contributed by atoms with van der Waals surface area (Å²) >= 11 is 0. The smallest absolute Gasteiger partial charge is 0.459 e. The summed E-state index contributed by atoms with van der Waals surface area (Å²) in [6.07, 6.45) is -2.97. The van der Waals surface area contributed by atoms with Gasteiger partial charge in [0.1, 0.15) is 41.4 Å². The number of fused-ring (bicyclic) bond motifs is 1. The molecule has 1 saturated heterocycles. The van der Waals surface area contributed by atoms with Crippen LogP contribution in [0.1, 0.15) is 52.3 Å². The molecule has 44 heavy (non-hydrogen) atoms. The van der Waals surface area contributed by atoms with Gasteiger partial charge in [0.25, 0.3) is 0 Å². The quantitative estimate of drug-likeness (QED) is 0.133. The number of anilines is 1. The van der Waals surface area contributed by atoms with E-state index in [1.54, 1.807) is 63.2 Å². The number of hydrogen-bond donors (Lipinski definition) is 3. The van der Waals surface area contributed by atoms with E-state index in [2.05, 4.69) is 15.2 Å². The van der Waals surface area contributed by atoms with Gasteiger partial charge in [0, 0.05) is 6.42 Å². The molecule has 0 aliphatic carbocycles. The average molecular weight is 636 g/mol. The summed E-state index contributed by atoms with van der Waals surface area (Å²) in [5, 5.41) is 17.4. The number of rotatable bonds is 14. The summed E-state index contributed by atoms with van der Waals surface area (Å²) in [7, 11) is -3.11. The summed E-state index contributed by atoms with van der Waals surface area (Å²) in [6.45, 7) is 5.92. The number of aliphatic hydroxyl groups is 1. The van der Waals surface area contributed by atoms with Gasteiger partial charge in [0.05, 0.1) is 19.4 Å². The van der Waals surface area contributed by atoms with Crippen LogP contribution in [0.25, 0.3) is 5.52 Å². The third-order valence-electron chi connectivity index (χ3n) is 7.00. The Balaban J connectivity index is 1.73. The van der Waals surface area contributed by atoms with Crippen molar-refractivity contribution in [3.8, 4) is 5.75 Å². The first-order valence-electron chi connectivity index (χ1n) is 14.1. The largest absolute Gasteiger partial charge is 0.468 e. The number of benzene rings is 1. The fourth-order valence-corrected chi connectivity index (χ4v) is 6.28. The van der Waals surface area contributed by atoms with E-state index in [0.717, 1.165) is 0 Å². The Hall–Kier alpha value is -3.59. The zero-order chi connectivity index (χ0) is 32.1. The number of aromatic nitrogens is 3. The minimum Gasteiger partial charge on any atom is -0.468 e. The van der Waals surface area contributed by atoms with Crippen molar-refractivity contribution in [3.05, 3.63) is 54.5 Å². The molecule has 1 fully saturated rings. The Morgan fingerprint density at radius 3 is 2.61 bits per heavy atom. The molecule has 7 atom stereocenters. The molecule has 240 valence electrons. The highest BCUT2D eigenvalue weighted by Gasteiger charge is 2.58. The first-order chi connectivity index (χ1) is 20.9. The number of para-hydroxylation sites is 1. The molecule has 4 rings (SSSR count). The minimum atomic E-state index is -4.30. The first kappa shape index (κ1) is 33.3. The fourth-order valence-electron chi connectivity index (χ4n) is 4.70. The topological polar surface area (TPSA) is 195 Å². The maximum atomic E-state index is 14.1. The Morgan fingerprint density at radius 1 is 1.23 bits per heavy atom. The molecular weight excluding hydrogens is 597 g/mol. The Labute approximate surface area is 254 Å². The molecule has 0 radical (unpaired) electrons. The van der Waals surface area contributed by atoms with Crippen molar-refractivity contribution in [2.24, 2.45) is 0 Å². The van der Waals surface area contributed by atoms with Gasteiger partial charge in [0.2, 0.25) is 0 Å². The molecule has 15 nitrogen and oxygen atoms in total. The molecule has 1 aromatic carbocycles. The van der Waals surface area contributed by atoms with Crippen LogP contribution in [-0.2, 0) is 37.6 Å². The number of carbonyl (C=O) groups is 2. The van der Waals surface area contributed by atoms with Gasteiger partial charge in [-0.3, -0.25) is 14.1 Å². The van der Waals surface area contributed by atoms with Crippen LogP contribution in [0.15, 0.2) is 48.8 Å². The number of nitrogens with two attached hydrogens (primary N) is 1. The Bertz CT molecular complexity index is 1490. The molecule has 1 aliphatic rings. The Kier molecular flexibility index (Phi) is 10.6. The van der Waals surface area contributed by atoms with Crippen LogP contribution in [0, 0.1) is 0 Å². The summed E-state index contributed by atoms with van der Waals surface area (Å²) in [4.78, 5) is 28.9. The number of esters is 2. The normalized spacial score (nSPS) is 24.4. The maximum Gasteiger partial charge on any atom is 0.459 e. The zero-order valence-corrected chi connectivity index (χ0v) is 26.0. The molecule has 3 aromatic rings. The van der Waals surface area contributed by atoms with Gasteiger partial charge < -0.3 is 34.3 Å². The number of nitrogens with zero attached hydrogens (tertiary/aromatic N) is 3. The van der Waals surface area contributed by atoms with Crippen LogP contribution in [0.5, 0.6) is 5.75 Å². The van der Waals surface area contributed by atoms with Crippen molar-refractivity contribution in [2.45, 2.75) is 76.8 Å². The van der Waals surface area contributed by atoms with Crippen LogP contribution in [0.3, 0.4) is 0 Å². The molecule has 2 unspecified atom stereocenters. The summed E-state index contributed by atoms with van der Waals surface area (Å²) in [6, 6.07) is 10.5. The first-order valence-corrected chi connectivity index (χ1v) is 15.6. The highest BCUT2D eigenvalue weighted by Crippen LogP contribution is 2.50. The molecule has 0 saturated carbocycles. The predicted molar refractivity (Wildman–Crippen MR) is 156 cm³/mol. The second-order valence-electron chi connectivity index (χ2n) is 10.3. The number of carbonyl (C=O) groups excluding carboxylic acids is 2. The van der Waals surface area contributed by atoms with Crippen molar-refractivity contribution < 1.29 is 47.3 Å². The molecule has 3 heterocycles. The van der Waals surface area contributed by atoms with E-state index in [1.165, 1.54) is 24.9 Å². The summed E-state index contributed by atoms with van der Waals surface area (Å²) in [5.41, 5.74) is 5.47. The molecule has 16 heteroatoms. The SMILES string of the molecule is CCC(=O)O[C@H]1[C@H](c2ccc3c(N)ncnn23)O[C@](C)(COP(=O)(N[C@@H](C)C(=O)OC)Oc2ccccc2)[C@H]1OC(O)CC. The van der Waals surface area contributed by atoms with Crippen molar-refractivity contribution >= 4 is 31.0 Å². The predicted octanol–water partition coefficient (Wildman–Crippen LogP) is 2.93. The molecule has 0 bridgehead atoms. The molecule has 0 spiro atoms. The van der Waals surface area contributed by atoms with E-state index in [0.29, 0.717) is 11.2 Å². The Morgan fingerprint density at radius 2 is 1.95 bits per heavy atom. The number of hydrogen-bond acceptors (Lipinski definition) is 13. The van der Waals surface area contributed by atoms with E-state index < -0.39 is 62.5 Å². The van der Waals surface area contributed by atoms with E-state index in [9.17, 15) is 19.3 Å². The van der Waals surface area contributed by atoms with Gasteiger partial charge in [-0.1, -0.05) is 32.0 Å². The minimum absolute atomic E-state index is 0.0545. The van der Waals surface area contributed by atoms with E-state index in [1.807, 2.05) is 0 Å². The van der Waals surface area contributed by atoms with Crippen molar-refractivity contribution in [3.63, 3.8) is 0 Å². The summed E-state index contributed by atoms with van der Waals surface area (Å²) < 4.78 is 50.4. The van der Waals surface area contributed by atoms with Gasteiger partial charge in [0.15, 0.2) is 18.2 Å². The number of nitrogen functional groups attached to an aromatic ring is 1. The maximum absolute atomic E-state index is 14.1. The lowest BCUT2D eigenvalue weighted by atomic mass is 9.96. The lowest BCUT2D eigenvalue weighted by molar-refractivity contribution is -0.200. The third kappa shape index (κ3) is 7.37. The van der Waals surface area contributed by atoms with Gasteiger partial charge in [-0.15, -0.1) is 0 Å². The van der Waals surface area contributed by atoms with Crippen molar-refractivity contribution in [2.75, 3.05) is 19.5 Å². The second-order valence-corrected chi connectivity index (χ2v) is 12.0. The third-order valence-corrected chi connectivity index (χ3v) is 8.63. The lowest BCUT2D eigenvalue weighted by Gasteiger charge is -2.34. The van der Waals surface area contributed by atoms with E-state index >= 15 is 0 Å². The number of methoxy groups -OCH3 is 1. The van der Waals surface area contributed by atoms with E-state index in [-0.39, 0.29) is 24.4 Å². The fraction of sp³-hybridized carbons (Fsp3) is 0.500. The van der Waals surface area contributed by atoms with Crippen LogP contribution >= 0.6 is 7.75 Å². The van der Waals surface area contributed by atoms with Crippen LogP contribution in [-0.4, -0.2) is 75.5 Å². The molecule has 4 N–H and O–H groups in total. The van der Waals surface area contributed by atoms with E-state index in [4.69, 9.17) is 33.7 Å². The second kappa shape index (κ2) is 14.0. The monoisotopic (exact) mass is 635 g/mol. The molecule has 1 aliphatic heterocycles. The van der Waals surface area contributed by atoms with Crippen LogP contribution < -0.4 is 15.3 Å². The molecule has 2 aromatic heterocycles. The van der Waals surface area contributed by atoms with Crippen molar-refractivity contribution in [1.82, 2.24) is 19.7 Å². The highest BCUT2D eigenvalue weighted by molar-refractivity contribution is 7.52. The van der Waals surface area contributed by atoms with Gasteiger partial charge in [-0.25, -0.2) is 14.1 Å². The van der Waals surface area contributed by atoms with Gasteiger partial charge >= 0.3 is 19.7 Å². The number of nitrogens with one attached hydrogen (secondary N) is 1. The summed E-state index contributed by atoms with van der Waals surface area (Å²) in [5.74, 6) is -0.822. The zero-order valence-electron chi connectivity index (χ0n) is 25.1. The lowest BCUT2D eigenvalue weighted by Crippen LogP contribution is -2.49. The van der Waals surface area contributed by atoms with Crippen LogP contribution in [0.2, 0.25) is 0 Å².